The first-order valence-electron chi connectivity index (χ1n) is 9.14. The molecular weight excluding hydrogens is 361 g/mol. The Bertz CT molecular complexity index is 1040. The topological polar surface area (TPSA) is 59.8 Å². The molecule has 1 aromatic heterocycles. The molecule has 0 N–H and O–H groups in total. The number of benzene rings is 2. The minimum absolute atomic E-state index is 0.170. The fourth-order valence-corrected chi connectivity index (χ4v) is 3.03. The van der Waals surface area contributed by atoms with Gasteiger partial charge in [-0.05, 0) is 41.8 Å². The number of likely N-dealkylation sites (N-methyl/N-ethyl adjacent to an activating group) is 1. The highest BCUT2D eigenvalue weighted by atomic mass is 19.1. The van der Waals surface area contributed by atoms with Crippen molar-refractivity contribution in [1.82, 2.24) is 4.90 Å². The predicted octanol–water partition coefficient (Wildman–Crippen LogP) is 3.92. The Morgan fingerprint density at radius 3 is 2.75 bits per heavy atom. The number of rotatable bonds is 7. The Kier molecular flexibility index (Phi) is 6.09. The lowest BCUT2D eigenvalue weighted by Gasteiger charge is -2.17. The van der Waals surface area contributed by atoms with E-state index in [1.807, 2.05) is 13.0 Å². The van der Waals surface area contributed by atoms with Gasteiger partial charge in [-0.25, -0.2) is 9.18 Å². The molecule has 0 saturated heterocycles. The molecule has 0 unspecified atom stereocenters. The van der Waals surface area contributed by atoms with E-state index in [1.54, 1.807) is 31.3 Å². The van der Waals surface area contributed by atoms with E-state index in [0.717, 1.165) is 23.8 Å². The van der Waals surface area contributed by atoms with Crippen molar-refractivity contribution in [3.8, 4) is 5.75 Å². The van der Waals surface area contributed by atoms with Crippen LogP contribution in [0.15, 0.2) is 57.7 Å². The molecule has 0 saturated carbocycles. The third-order valence-electron chi connectivity index (χ3n) is 4.42. The summed E-state index contributed by atoms with van der Waals surface area (Å²) in [6.45, 7) is 2.16. The van der Waals surface area contributed by atoms with Gasteiger partial charge in [-0.1, -0.05) is 25.5 Å². The molecule has 1 amide bonds. The molecule has 1 heterocycles. The van der Waals surface area contributed by atoms with E-state index in [2.05, 4.69) is 0 Å². The highest BCUT2D eigenvalue weighted by Gasteiger charge is 2.12. The first kappa shape index (κ1) is 19.6. The third kappa shape index (κ3) is 4.76. The van der Waals surface area contributed by atoms with Crippen molar-refractivity contribution < 1.29 is 18.3 Å². The van der Waals surface area contributed by atoms with Crippen molar-refractivity contribution in [2.75, 3.05) is 13.7 Å². The van der Waals surface area contributed by atoms with Gasteiger partial charge in [0.15, 0.2) is 6.61 Å². The normalized spacial score (nSPS) is 10.8. The summed E-state index contributed by atoms with van der Waals surface area (Å²) in [5.74, 6) is -0.142. The quantitative estimate of drug-likeness (QED) is 0.580. The van der Waals surface area contributed by atoms with E-state index < -0.39 is 5.63 Å². The maximum absolute atomic E-state index is 13.3. The summed E-state index contributed by atoms with van der Waals surface area (Å²) in [4.78, 5) is 25.5. The number of amides is 1. The second-order valence-corrected chi connectivity index (χ2v) is 6.67. The molecule has 0 aliphatic carbocycles. The van der Waals surface area contributed by atoms with Crippen LogP contribution in [0.4, 0.5) is 4.39 Å². The Morgan fingerprint density at radius 1 is 1.18 bits per heavy atom. The van der Waals surface area contributed by atoms with Gasteiger partial charge in [-0.2, -0.15) is 0 Å². The number of carbonyl (C=O) groups is 1. The van der Waals surface area contributed by atoms with Crippen LogP contribution in [0.5, 0.6) is 5.75 Å². The summed E-state index contributed by atoms with van der Waals surface area (Å²) in [6.07, 6.45) is 1.70. The summed E-state index contributed by atoms with van der Waals surface area (Å²) in [6, 6.07) is 12.8. The van der Waals surface area contributed by atoms with E-state index in [-0.39, 0.29) is 24.9 Å². The van der Waals surface area contributed by atoms with Crippen LogP contribution in [0.25, 0.3) is 11.0 Å². The maximum Gasteiger partial charge on any atom is 0.336 e. The van der Waals surface area contributed by atoms with Gasteiger partial charge in [0, 0.05) is 31.1 Å². The average molecular weight is 383 g/mol. The molecule has 0 atom stereocenters. The fourth-order valence-electron chi connectivity index (χ4n) is 3.03. The lowest BCUT2D eigenvalue weighted by atomic mass is 10.1. The molecule has 146 valence electrons. The Labute approximate surface area is 162 Å². The molecule has 5 nitrogen and oxygen atoms in total. The first-order chi connectivity index (χ1) is 13.5. The molecule has 0 fully saturated rings. The van der Waals surface area contributed by atoms with Gasteiger partial charge in [0.1, 0.15) is 17.1 Å². The molecular formula is C22H22FNO4. The van der Waals surface area contributed by atoms with Crippen LogP contribution in [0.1, 0.15) is 24.5 Å². The van der Waals surface area contributed by atoms with Crippen molar-refractivity contribution in [2.24, 2.45) is 0 Å². The lowest BCUT2D eigenvalue weighted by Crippen LogP contribution is -2.31. The zero-order valence-electron chi connectivity index (χ0n) is 15.9. The second kappa shape index (κ2) is 8.69. The van der Waals surface area contributed by atoms with E-state index in [1.165, 1.54) is 23.1 Å². The molecule has 0 bridgehead atoms. The molecule has 3 aromatic rings. The van der Waals surface area contributed by atoms with Gasteiger partial charge < -0.3 is 14.1 Å². The van der Waals surface area contributed by atoms with E-state index >= 15 is 0 Å². The number of hydrogen-bond acceptors (Lipinski definition) is 4. The molecule has 28 heavy (non-hydrogen) atoms. The van der Waals surface area contributed by atoms with Gasteiger partial charge in [0.05, 0.1) is 0 Å². The van der Waals surface area contributed by atoms with Crippen molar-refractivity contribution in [3.05, 3.63) is 75.9 Å². The number of aryl methyl sites for hydroxylation is 1. The smallest absolute Gasteiger partial charge is 0.336 e. The molecule has 0 radical (unpaired) electrons. The highest BCUT2D eigenvalue weighted by molar-refractivity contribution is 5.82. The zero-order chi connectivity index (χ0) is 20.1. The van der Waals surface area contributed by atoms with Gasteiger partial charge in [-0.3, -0.25) is 4.79 Å². The highest BCUT2D eigenvalue weighted by Crippen LogP contribution is 2.23. The average Bonchev–Trinajstić information content (AvgIpc) is 2.66. The fraction of sp³-hybridized carbons (Fsp3) is 0.273. The van der Waals surface area contributed by atoms with Crippen LogP contribution in [-0.4, -0.2) is 24.5 Å². The predicted molar refractivity (Wildman–Crippen MR) is 105 cm³/mol. The minimum Gasteiger partial charge on any atom is -0.484 e. The van der Waals surface area contributed by atoms with Crippen molar-refractivity contribution in [3.63, 3.8) is 0 Å². The van der Waals surface area contributed by atoms with Crippen LogP contribution in [-0.2, 0) is 17.8 Å². The number of nitrogens with zero attached hydrogens (tertiary/aromatic N) is 1. The van der Waals surface area contributed by atoms with Gasteiger partial charge in [0.25, 0.3) is 5.91 Å². The van der Waals surface area contributed by atoms with Crippen molar-refractivity contribution >= 4 is 16.9 Å². The second-order valence-electron chi connectivity index (χ2n) is 6.67. The van der Waals surface area contributed by atoms with Crippen LogP contribution in [0.3, 0.4) is 0 Å². The zero-order valence-corrected chi connectivity index (χ0v) is 15.9. The molecule has 0 spiro atoms. The molecule has 0 aliphatic heterocycles. The molecule has 0 aliphatic rings. The van der Waals surface area contributed by atoms with Crippen LogP contribution < -0.4 is 10.4 Å². The monoisotopic (exact) mass is 383 g/mol. The van der Waals surface area contributed by atoms with Crippen molar-refractivity contribution in [2.45, 2.75) is 26.3 Å². The summed E-state index contributed by atoms with van der Waals surface area (Å²) in [7, 11) is 1.63. The number of halogens is 1. The van der Waals surface area contributed by atoms with Crippen LogP contribution in [0.2, 0.25) is 0 Å². The maximum atomic E-state index is 13.3. The SMILES string of the molecule is CCCc1cc(=O)oc2cc(OCC(=O)N(C)Cc3cccc(F)c3)ccc12. The van der Waals surface area contributed by atoms with Gasteiger partial charge in [0.2, 0.25) is 0 Å². The Morgan fingerprint density at radius 2 is 2.00 bits per heavy atom. The molecule has 2 aromatic carbocycles. The number of ether oxygens (including phenoxy) is 1. The third-order valence-corrected chi connectivity index (χ3v) is 4.42. The summed E-state index contributed by atoms with van der Waals surface area (Å²) >= 11 is 0. The minimum atomic E-state index is -0.404. The van der Waals surface area contributed by atoms with E-state index in [9.17, 15) is 14.0 Å². The largest absolute Gasteiger partial charge is 0.484 e. The van der Waals surface area contributed by atoms with Crippen molar-refractivity contribution in [1.29, 1.82) is 0 Å². The summed E-state index contributed by atoms with van der Waals surface area (Å²) < 4.78 is 24.1. The Balaban J connectivity index is 1.67. The first-order valence-corrected chi connectivity index (χ1v) is 9.14. The summed E-state index contributed by atoms with van der Waals surface area (Å²) in [5, 5.41) is 0.864. The lowest BCUT2D eigenvalue weighted by molar-refractivity contribution is -0.132. The van der Waals surface area contributed by atoms with Crippen LogP contribution >= 0.6 is 0 Å². The summed E-state index contributed by atoms with van der Waals surface area (Å²) in [5.41, 5.74) is 1.67. The van der Waals surface area contributed by atoms with E-state index in [4.69, 9.17) is 9.15 Å². The van der Waals surface area contributed by atoms with E-state index in [0.29, 0.717) is 16.9 Å². The Hall–Kier alpha value is -3.15. The molecule has 3 rings (SSSR count). The number of hydrogen-bond donors (Lipinski definition) is 0. The number of carbonyl (C=O) groups excluding carboxylic acids is 1. The van der Waals surface area contributed by atoms with Gasteiger partial charge in [-0.15, -0.1) is 0 Å². The number of fused-ring (bicyclic) bond motifs is 1. The van der Waals surface area contributed by atoms with Gasteiger partial charge >= 0.3 is 5.63 Å². The standard InChI is InChI=1S/C22H22FNO4/c1-3-5-16-11-22(26)28-20-12-18(8-9-19(16)20)27-14-21(25)24(2)13-15-6-4-7-17(23)10-15/h4,6-12H,3,5,13-14H2,1-2H3. The van der Waals surface area contributed by atoms with Crippen LogP contribution in [0, 0.1) is 5.82 Å². The molecule has 6 heteroatoms.